The molecular weight excluding hydrogens is 236 g/mol. The van der Waals surface area contributed by atoms with E-state index in [1.807, 2.05) is 24.3 Å². The molecule has 3 rings (SSSR count). The summed E-state index contributed by atoms with van der Waals surface area (Å²) >= 11 is 0. The number of fused-ring (bicyclic) bond motifs is 2. The summed E-state index contributed by atoms with van der Waals surface area (Å²) in [6.45, 7) is 3.85. The molecule has 1 heterocycles. The fourth-order valence-corrected chi connectivity index (χ4v) is 3.56. The van der Waals surface area contributed by atoms with Crippen LogP contribution in [0.3, 0.4) is 0 Å². The van der Waals surface area contributed by atoms with E-state index in [2.05, 4.69) is 4.90 Å². The quantitative estimate of drug-likeness (QED) is 0.798. The summed E-state index contributed by atoms with van der Waals surface area (Å²) in [6.07, 6.45) is 5.43. The van der Waals surface area contributed by atoms with Gasteiger partial charge >= 0.3 is 0 Å². The van der Waals surface area contributed by atoms with Crippen LogP contribution in [0.5, 0.6) is 5.75 Å². The van der Waals surface area contributed by atoms with E-state index in [1.165, 1.54) is 32.4 Å². The Balaban J connectivity index is 1.41. The fraction of sp³-hybridized carbons (Fsp3) is 0.625. The van der Waals surface area contributed by atoms with Crippen molar-refractivity contribution < 1.29 is 4.74 Å². The number of hydrogen-bond donors (Lipinski definition) is 1. The van der Waals surface area contributed by atoms with Gasteiger partial charge in [0.15, 0.2) is 0 Å². The zero-order valence-corrected chi connectivity index (χ0v) is 11.6. The number of benzene rings is 1. The van der Waals surface area contributed by atoms with Crippen molar-refractivity contribution in [3.05, 3.63) is 29.8 Å². The van der Waals surface area contributed by atoms with Crippen LogP contribution >= 0.6 is 0 Å². The normalized spacial score (nSPS) is 25.9. The SMILES string of the molecule is NCc1ccccc1OCCCN1CC2CCC1C2. The van der Waals surface area contributed by atoms with Crippen LogP contribution in [0.4, 0.5) is 0 Å². The van der Waals surface area contributed by atoms with Crippen molar-refractivity contribution in [1.82, 2.24) is 4.90 Å². The fourth-order valence-electron chi connectivity index (χ4n) is 3.56. The number of likely N-dealkylation sites (tertiary alicyclic amines) is 1. The highest BCUT2D eigenvalue weighted by Gasteiger charge is 2.36. The molecule has 1 aromatic rings. The average Bonchev–Trinajstić information content (AvgIpc) is 3.06. The van der Waals surface area contributed by atoms with Crippen LogP contribution in [0.15, 0.2) is 24.3 Å². The van der Waals surface area contributed by atoms with Crippen LogP contribution in [0.1, 0.15) is 31.2 Å². The minimum absolute atomic E-state index is 0.548. The third-order valence-electron chi connectivity index (χ3n) is 4.56. The summed E-state index contributed by atoms with van der Waals surface area (Å²) < 4.78 is 5.86. The molecule has 1 saturated heterocycles. The van der Waals surface area contributed by atoms with Crippen LogP contribution in [-0.4, -0.2) is 30.6 Å². The Hall–Kier alpha value is -1.06. The first kappa shape index (κ1) is 12.9. The molecule has 1 saturated carbocycles. The monoisotopic (exact) mass is 260 g/mol. The van der Waals surface area contributed by atoms with Gasteiger partial charge in [-0.2, -0.15) is 0 Å². The Morgan fingerprint density at radius 1 is 1.26 bits per heavy atom. The van der Waals surface area contributed by atoms with E-state index in [9.17, 15) is 0 Å². The molecular formula is C16H24N2O. The molecule has 2 aliphatic rings. The molecule has 104 valence electrons. The molecule has 0 spiro atoms. The smallest absolute Gasteiger partial charge is 0.123 e. The Morgan fingerprint density at radius 3 is 2.89 bits per heavy atom. The van der Waals surface area contributed by atoms with Crippen LogP contribution in [0, 0.1) is 5.92 Å². The van der Waals surface area contributed by atoms with Crippen LogP contribution in [-0.2, 0) is 6.54 Å². The summed E-state index contributed by atoms with van der Waals surface area (Å²) in [6, 6.07) is 8.94. The Morgan fingerprint density at radius 2 is 2.16 bits per heavy atom. The molecule has 1 aromatic carbocycles. The second-order valence-electron chi connectivity index (χ2n) is 5.84. The summed E-state index contributed by atoms with van der Waals surface area (Å²) in [4.78, 5) is 2.66. The third kappa shape index (κ3) is 2.93. The van der Waals surface area contributed by atoms with E-state index in [0.29, 0.717) is 6.54 Å². The lowest BCUT2D eigenvalue weighted by Crippen LogP contribution is -2.33. The van der Waals surface area contributed by atoms with Crippen molar-refractivity contribution in [2.24, 2.45) is 11.7 Å². The average molecular weight is 260 g/mol. The molecule has 1 aliphatic carbocycles. The van der Waals surface area contributed by atoms with Gasteiger partial charge in [0.2, 0.25) is 0 Å². The first-order valence-electron chi connectivity index (χ1n) is 7.51. The molecule has 2 fully saturated rings. The van der Waals surface area contributed by atoms with Gasteiger partial charge in [0.05, 0.1) is 6.61 Å². The van der Waals surface area contributed by atoms with Gasteiger partial charge < -0.3 is 10.5 Å². The highest BCUT2D eigenvalue weighted by atomic mass is 16.5. The maximum atomic E-state index is 5.86. The molecule has 3 nitrogen and oxygen atoms in total. The number of nitrogens with zero attached hydrogens (tertiary/aromatic N) is 1. The van der Waals surface area contributed by atoms with Gasteiger partial charge in [0.25, 0.3) is 0 Å². The van der Waals surface area contributed by atoms with Crippen molar-refractivity contribution in [1.29, 1.82) is 0 Å². The lowest BCUT2D eigenvalue weighted by molar-refractivity contribution is 0.192. The van der Waals surface area contributed by atoms with Gasteiger partial charge in [-0.1, -0.05) is 18.2 Å². The van der Waals surface area contributed by atoms with E-state index < -0.39 is 0 Å². The Bertz CT molecular complexity index is 421. The highest BCUT2D eigenvalue weighted by molar-refractivity contribution is 5.32. The molecule has 0 radical (unpaired) electrons. The summed E-state index contributed by atoms with van der Waals surface area (Å²) in [7, 11) is 0. The van der Waals surface area contributed by atoms with Crippen LogP contribution in [0.2, 0.25) is 0 Å². The molecule has 3 heteroatoms. The molecule has 0 amide bonds. The second-order valence-corrected chi connectivity index (χ2v) is 5.84. The number of nitrogens with two attached hydrogens (primary N) is 1. The molecule has 2 unspecified atom stereocenters. The molecule has 2 N–H and O–H groups in total. The molecule has 2 bridgehead atoms. The topological polar surface area (TPSA) is 38.5 Å². The lowest BCUT2D eigenvalue weighted by Gasteiger charge is -2.26. The first-order valence-corrected chi connectivity index (χ1v) is 7.51. The van der Waals surface area contributed by atoms with Gasteiger partial charge in [0.1, 0.15) is 5.75 Å². The van der Waals surface area contributed by atoms with Gasteiger partial charge in [-0.25, -0.2) is 0 Å². The van der Waals surface area contributed by atoms with Crippen molar-refractivity contribution in [3.8, 4) is 5.75 Å². The van der Waals surface area contributed by atoms with E-state index in [1.54, 1.807) is 0 Å². The van der Waals surface area contributed by atoms with Gasteiger partial charge in [-0.3, -0.25) is 4.90 Å². The summed E-state index contributed by atoms with van der Waals surface area (Å²) in [5.41, 5.74) is 6.81. The summed E-state index contributed by atoms with van der Waals surface area (Å²) in [5.74, 6) is 1.94. The molecule has 0 aromatic heterocycles. The van der Waals surface area contributed by atoms with Crippen molar-refractivity contribution in [3.63, 3.8) is 0 Å². The third-order valence-corrected chi connectivity index (χ3v) is 4.56. The van der Waals surface area contributed by atoms with Gasteiger partial charge in [-0.15, -0.1) is 0 Å². The van der Waals surface area contributed by atoms with Gasteiger partial charge in [-0.05, 0) is 37.7 Å². The largest absolute Gasteiger partial charge is 0.493 e. The minimum atomic E-state index is 0.548. The van der Waals surface area contributed by atoms with E-state index in [0.717, 1.165) is 36.3 Å². The zero-order valence-electron chi connectivity index (χ0n) is 11.6. The maximum absolute atomic E-state index is 5.86. The van der Waals surface area contributed by atoms with Crippen LogP contribution < -0.4 is 10.5 Å². The predicted molar refractivity (Wildman–Crippen MR) is 77.1 cm³/mol. The highest BCUT2D eigenvalue weighted by Crippen LogP contribution is 2.37. The Labute approximate surface area is 115 Å². The van der Waals surface area contributed by atoms with Crippen molar-refractivity contribution in [2.75, 3.05) is 19.7 Å². The van der Waals surface area contributed by atoms with Crippen molar-refractivity contribution in [2.45, 2.75) is 38.3 Å². The molecule has 19 heavy (non-hydrogen) atoms. The number of ether oxygens (including phenoxy) is 1. The van der Waals surface area contributed by atoms with E-state index >= 15 is 0 Å². The van der Waals surface area contributed by atoms with Crippen LogP contribution in [0.25, 0.3) is 0 Å². The van der Waals surface area contributed by atoms with E-state index in [4.69, 9.17) is 10.5 Å². The molecule has 2 atom stereocenters. The lowest BCUT2D eigenvalue weighted by atomic mass is 10.1. The number of piperidine rings is 1. The first-order chi connectivity index (χ1) is 9.36. The number of rotatable bonds is 6. The zero-order chi connectivity index (χ0) is 13.1. The standard InChI is InChI=1S/C16H24N2O/c17-11-14-4-1-2-5-16(14)19-9-3-8-18-12-13-6-7-15(18)10-13/h1-2,4-5,13,15H,3,6-12,17H2. The number of hydrogen-bond acceptors (Lipinski definition) is 3. The molecule has 1 aliphatic heterocycles. The van der Waals surface area contributed by atoms with Gasteiger partial charge in [0, 0.05) is 31.2 Å². The van der Waals surface area contributed by atoms with E-state index in [-0.39, 0.29) is 0 Å². The van der Waals surface area contributed by atoms with Crippen molar-refractivity contribution >= 4 is 0 Å². The second kappa shape index (κ2) is 5.93. The summed E-state index contributed by atoms with van der Waals surface area (Å²) in [5, 5.41) is 0. The number of para-hydroxylation sites is 1. The Kier molecular flexibility index (Phi) is 4.04. The maximum Gasteiger partial charge on any atom is 0.123 e. The predicted octanol–water partition coefficient (Wildman–Crippen LogP) is 2.40. The minimum Gasteiger partial charge on any atom is -0.493 e.